The lowest BCUT2D eigenvalue weighted by molar-refractivity contribution is -0.125. The van der Waals surface area contributed by atoms with Gasteiger partial charge in [0.05, 0.1) is 19.5 Å². The normalized spacial score (nSPS) is 10.0. The number of nitrogens with one attached hydrogen (secondary N) is 2. The van der Waals surface area contributed by atoms with Crippen LogP contribution in [0.5, 0.6) is 5.75 Å². The van der Waals surface area contributed by atoms with Crippen molar-refractivity contribution in [3.8, 4) is 5.75 Å². The number of hydrogen-bond acceptors (Lipinski definition) is 3. The second kappa shape index (κ2) is 9.35. The van der Waals surface area contributed by atoms with Gasteiger partial charge in [0.25, 0.3) is 0 Å². The number of carbonyl (C=O) groups excluding carboxylic acids is 2. The molecule has 2 aromatic carbocycles. The van der Waals surface area contributed by atoms with Gasteiger partial charge in [-0.3, -0.25) is 9.59 Å². The highest BCUT2D eigenvalue weighted by molar-refractivity contribution is 5.85. The lowest BCUT2D eigenvalue weighted by Gasteiger charge is -2.09. The molecule has 0 heterocycles. The van der Waals surface area contributed by atoms with E-state index in [1.54, 1.807) is 0 Å². The molecule has 0 bridgehead atoms. The summed E-state index contributed by atoms with van der Waals surface area (Å²) in [4.78, 5) is 23.4. The van der Waals surface area contributed by atoms with Crippen molar-refractivity contribution in [1.29, 1.82) is 0 Å². The molecule has 0 atom stereocenters. The van der Waals surface area contributed by atoms with E-state index >= 15 is 0 Å². The number of benzene rings is 2. The average molecular weight is 326 g/mol. The summed E-state index contributed by atoms with van der Waals surface area (Å²) in [7, 11) is 0. The van der Waals surface area contributed by atoms with Crippen LogP contribution in [0.2, 0.25) is 0 Å². The maximum Gasteiger partial charge on any atom is 0.239 e. The second-order valence-electron chi connectivity index (χ2n) is 5.45. The highest BCUT2D eigenvalue weighted by Gasteiger charge is 2.06. The molecule has 126 valence electrons. The molecule has 2 amide bonds. The predicted molar refractivity (Wildman–Crippen MR) is 92.8 cm³/mol. The molecule has 0 aliphatic carbocycles. The van der Waals surface area contributed by atoms with Crippen molar-refractivity contribution in [2.45, 2.75) is 13.3 Å². The number of carbonyl (C=O) groups is 2. The number of aryl methyl sites for hydroxylation is 1. The maximum atomic E-state index is 11.7. The van der Waals surface area contributed by atoms with Crippen LogP contribution in [0, 0.1) is 6.92 Å². The fourth-order valence-corrected chi connectivity index (χ4v) is 2.08. The molecule has 24 heavy (non-hydrogen) atoms. The Morgan fingerprint density at radius 1 is 0.917 bits per heavy atom. The Morgan fingerprint density at radius 2 is 1.62 bits per heavy atom. The summed E-state index contributed by atoms with van der Waals surface area (Å²) in [5.74, 6) is 0.363. The Bertz CT molecular complexity index is 654. The second-order valence-corrected chi connectivity index (χ2v) is 5.45. The highest BCUT2D eigenvalue weighted by atomic mass is 16.5. The van der Waals surface area contributed by atoms with Gasteiger partial charge in [-0.25, -0.2) is 0 Å². The summed E-state index contributed by atoms with van der Waals surface area (Å²) in [6.45, 7) is 2.75. The van der Waals surface area contributed by atoms with Gasteiger partial charge in [-0.05, 0) is 24.6 Å². The standard InChI is InChI=1S/C19H22N2O3/c1-15-7-9-17(10-8-15)24-12-11-20-19(23)14-21-18(22)13-16-5-3-2-4-6-16/h2-10H,11-14H2,1H3,(H,20,23)(H,21,22). The number of rotatable bonds is 8. The summed E-state index contributed by atoms with van der Waals surface area (Å²) in [6, 6.07) is 17.1. The van der Waals surface area contributed by atoms with Crippen molar-refractivity contribution in [2.24, 2.45) is 0 Å². The molecule has 0 aromatic heterocycles. The van der Waals surface area contributed by atoms with Crippen molar-refractivity contribution in [2.75, 3.05) is 19.7 Å². The molecule has 5 heteroatoms. The van der Waals surface area contributed by atoms with E-state index in [9.17, 15) is 9.59 Å². The predicted octanol–water partition coefficient (Wildman–Crippen LogP) is 1.85. The fourth-order valence-electron chi connectivity index (χ4n) is 2.08. The van der Waals surface area contributed by atoms with E-state index in [2.05, 4.69) is 10.6 Å². The largest absolute Gasteiger partial charge is 0.492 e. The van der Waals surface area contributed by atoms with E-state index < -0.39 is 0 Å². The minimum atomic E-state index is -0.232. The summed E-state index contributed by atoms with van der Waals surface area (Å²) in [5, 5.41) is 5.31. The molecule has 0 unspecified atom stereocenters. The van der Waals surface area contributed by atoms with E-state index in [0.717, 1.165) is 11.3 Å². The lowest BCUT2D eigenvalue weighted by Crippen LogP contribution is -2.39. The Balaban J connectivity index is 1.58. The van der Waals surface area contributed by atoms with E-state index in [1.807, 2.05) is 61.5 Å². The summed E-state index contributed by atoms with van der Waals surface area (Å²) in [5.41, 5.74) is 2.09. The van der Waals surface area contributed by atoms with Gasteiger partial charge in [0.15, 0.2) is 0 Å². The molecular formula is C19H22N2O3. The SMILES string of the molecule is Cc1ccc(OCCNC(=O)CNC(=O)Cc2ccccc2)cc1. The zero-order valence-electron chi connectivity index (χ0n) is 13.7. The Hall–Kier alpha value is -2.82. The molecular weight excluding hydrogens is 304 g/mol. The van der Waals surface area contributed by atoms with Crippen LogP contribution in [0.3, 0.4) is 0 Å². The van der Waals surface area contributed by atoms with Crippen LogP contribution in [0.4, 0.5) is 0 Å². The first-order valence-electron chi connectivity index (χ1n) is 7.90. The van der Waals surface area contributed by atoms with E-state index in [4.69, 9.17) is 4.74 Å². The molecule has 2 aromatic rings. The molecule has 2 rings (SSSR count). The summed E-state index contributed by atoms with van der Waals surface area (Å²) < 4.78 is 5.51. The minimum absolute atomic E-state index is 0.0315. The number of amides is 2. The van der Waals surface area contributed by atoms with E-state index in [1.165, 1.54) is 5.56 Å². The Labute approximate surface area is 142 Å². The quantitative estimate of drug-likeness (QED) is 0.728. The zero-order valence-corrected chi connectivity index (χ0v) is 13.7. The van der Waals surface area contributed by atoms with Crippen LogP contribution in [-0.2, 0) is 16.0 Å². The van der Waals surface area contributed by atoms with Crippen molar-refractivity contribution in [3.05, 3.63) is 65.7 Å². The van der Waals surface area contributed by atoms with Crippen molar-refractivity contribution < 1.29 is 14.3 Å². The van der Waals surface area contributed by atoms with Crippen LogP contribution in [0.1, 0.15) is 11.1 Å². The molecule has 0 radical (unpaired) electrons. The first kappa shape index (κ1) is 17.5. The number of hydrogen-bond donors (Lipinski definition) is 2. The van der Waals surface area contributed by atoms with Gasteiger partial charge in [0.2, 0.25) is 11.8 Å². The van der Waals surface area contributed by atoms with E-state index in [-0.39, 0.29) is 24.8 Å². The third-order valence-corrected chi connectivity index (χ3v) is 3.37. The van der Waals surface area contributed by atoms with Crippen LogP contribution in [-0.4, -0.2) is 31.5 Å². The topological polar surface area (TPSA) is 67.4 Å². The van der Waals surface area contributed by atoms with Gasteiger partial charge in [-0.1, -0.05) is 48.0 Å². The first-order valence-corrected chi connectivity index (χ1v) is 7.90. The van der Waals surface area contributed by atoms with Gasteiger partial charge in [0, 0.05) is 0 Å². The summed E-state index contributed by atoms with van der Waals surface area (Å²) >= 11 is 0. The average Bonchev–Trinajstić information content (AvgIpc) is 2.59. The molecule has 0 fully saturated rings. The fraction of sp³-hybridized carbons (Fsp3) is 0.263. The van der Waals surface area contributed by atoms with Gasteiger partial charge >= 0.3 is 0 Å². The Kier molecular flexibility index (Phi) is 6.83. The minimum Gasteiger partial charge on any atom is -0.492 e. The van der Waals surface area contributed by atoms with Gasteiger partial charge in [0.1, 0.15) is 12.4 Å². The van der Waals surface area contributed by atoms with Crippen LogP contribution >= 0.6 is 0 Å². The molecule has 0 spiro atoms. The first-order chi connectivity index (χ1) is 11.6. The van der Waals surface area contributed by atoms with E-state index in [0.29, 0.717) is 13.2 Å². The van der Waals surface area contributed by atoms with Crippen molar-refractivity contribution in [3.63, 3.8) is 0 Å². The molecule has 0 aliphatic heterocycles. The van der Waals surface area contributed by atoms with Gasteiger partial charge in [-0.2, -0.15) is 0 Å². The molecule has 2 N–H and O–H groups in total. The van der Waals surface area contributed by atoms with Crippen LogP contribution in [0.15, 0.2) is 54.6 Å². The zero-order chi connectivity index (χ0) is 17.2. The van der Waals surface area contributed by atoms with Gasteiger partial charge in [-0.15, -0.1) is 0 Å². The van der Waals surface area contributed by atoms with Crippen LogP contribution in [0.25, 0.3) is 0 Å². The molecule has 0 saturated heterocycles. The number of ether oxygens (including phenoxy) is 1. The maximum absolute atomic E-state index is 11.7. The molecule has 0 saturated carbocycles. The van der Waals surface area contributed by atoms with Crippen molar-refractivity contribution in [1.82, 2.24) is 10.6 Å². The lowest BCUT2D eigenvalue weighted by atomic mass is 10.1. The van der Waals surface area contributed by atoms with Crippen LogP contribution < -0.4 is 15.4 Å². The third kappa shape index (κ3) is 6.52. The molecule has 0 aliphatic rings. The van der Waals surface area contributed by atoms with Gasteiger partial charge < -0.3 is 15.4 Å². The smallest absolute Gasteiger partial charge is 0.239 e. The monoisotopic (exact) mass is 326 g/mol. The third-order valence-electron chi connectivity index (χ3n) is 3.37. The Morgan fingerprint density at radius 3 is 2.33 bits per heavy atom. The highest BCUT2D eigenvalue weighted by Crippen LogP contribution is 2.10. The molecule has 5 nitrogen and oxygen atoms in total. The summed E-state index contributed by atoms with van der Waals surface area (Å²) in [6.07, 6.45) is 0.269. The van der Waals surface area contributed by atoms with Crippen molar-refractivity contribution >= 4 is 11.8 Å².